The largest absolute Gasteiger partial charge is 0.411 e. The van der Waals surface area contributed by atoms with Crippen LogP contribution >= 0.6 is 0 Å². The van der Waals surface area contributed by atoms with Crippen molar-refractivity contribution in [3.05, 3.63) is 35.9 Å². The summed E-state index contributed by atoms with van der Waals surface area (Å²) in [5.41, 5.74) is 2.22. The molecule has 1 unspecified atom stereocenters. The molecule has 0 bridgehead atoms. The molecule has 0 amide bonds. The van der Waals surface area contributed by atoms with Crippen LogP contribution in [-0.2, 0) is 4.74 Å². The summed E-state index contributed by atoms with van der Waals surface area (Å²) in [6, 6.07) is 10.3. The van der Waals surface area contributed by atoms with Crippen LogP contribution in [0, 0.1) is 0 Å². The van der Waals surface area contributed by atoms with Crippen molar-refractivity contribution in [2.75, 3.05) is 13.2 Å². The van der Waals surface area contributed by atoms with Crippen molar-refractivity contribution in [3.8, 4) is 0 Å². The van der Waals surface area contributed by atoms with Gasteiger partial charge in [-0.2, -0.15) is 0 Å². The van der Waals surface area contributed by atoms with E-state index in [1.807, 2.05) is 32.0 Å². The Morgan fingerprint density at radius 1 is 1.16 bits per heavy atom. The predicted octanol–water partition coefficient (Wildman–Crippen LogP) is 4.22. The minimum Gasteiger partial charge on any atom is -0.411 e. The number of ether oxygens (including phenoxy) is 1. The van der Waals surface area contributed by atoms with Gasteiger partial charge in [0, 0.05) is 19.1 Å². The monoisotopic (exact) mass is 263 g/mol. The Hall–Kier alpha value is -1.35. The number of hydrogen-bond donors (Lipinski definition) is 1. The maximum absolute atomic E-state index is 8.91. The van der Waals surface area contributed by atoms with Crippen LogP contribution in [0.1, 0.15) is 51.0 Å². The zero-order chi connectivity index (χ0) is 13.9. The maximum Gasteiger partial charge on any atom is 0.0645 e. The molecule has 106 valence electrons. The molecule has 0 aliphatic heterocycles. The van der Waals surface area contributed by atoms with Crippen LogP contribution in [0.5, 0.6) is 0 Å². The molecule has 1 N–H and O–H groups in total. The highest BCUT2D eigenvalue weighted by Crippen LogP contribution is 2.30. The number of rotatable bonds is 3. The summed E-state index contributed by atoms with van der Waals surface area (Å²) >= 11 is 0. The molecule has 0 saturated heterocycles. The van der Waals surface area contributed by atoms with Crippen molar-refractivity contribution in [1.29, 1.82) is 0 Å². The van der Waals surface area contributed by atoms with Crippen LogP contribution in [0.4, 0.5) is 0 Å². The second-order valence-electron chi connectivity index (χ2n) is 4.58. The Morgan fingerprint density at radius 2 is 1.84 bits per heavy atom. The molecular weight excluding hydrogens is 238 g/mol. The van der Waals surface area contributed by atoms with E-state index in [1.54, 1.807) is 0 Å². The number of benzene rings is 1. The lowest BCUT2D eigenvalue weighted by Crippen LogP contribution is -2.17. The highest BCUT2D eigenvalue weighted by molar-refractivity contribution is 5.91. The molecule has 1 aliphatic carbocycles. The highest BCUT2D eigenvalue weighted by atomic mass is 16.5. The first-order chi connectivity index (χ1) is 9.33. The summed E-state index contributed by atoms with van der Waals surface area (Å²) in [5.74, 6) is 0.343. The zero-order valence-electron chi connectivity index (χ0n) is 12.0. The van der Waals surface area contributed by atoms with E-state index in [4.69, 9.17) is 9.94 Å². The molecule has 1 fully saturated rings. The van der Waals surface area contributed by atoms with E-state index in [0.717, 1.165) is 38.2 Å². The van der Waals surface area contributed by atoms with Gasteiger partial charge in [-0.25, -0.2) is 0 Å². The molecule has 0 spiro atoms. The molecule has 3 nitrogen and oxygen atoms in total. The minimum atomic E-state index is 0.343. The van der Waals surface area contributed by atoms with Gasteiger partial charge in [0.1, 0.15) is 0 Å². The molecule has 1 aromatic rings. The average molecular weight is 263 g/mol. The number of hydrogen-bond acceptors (Lipinski definition) is 3. The average Bonchev–Trinajstić information content (AvgIpc) is 2.49. The van der Waals surface area contributed by atoms with E-state index < -0.39 is 0 Å². The van der Waals surface area contributed by atoms with E-state index in [0.29, 0.717) is 5.92 Å². The molecule has 1 aliphatic rings. The van der Waals surface area contributed by atoms with E-state index >= 15 is 0 Å². The van der Waals surface area contributed by atoms with Gasteiger partial charge in [-0.3, -0.25) is 0 Å². The first-order valence-electron chi connectivity index (χ1n) is 7.17. The topological polar surface area (TPSA) is 41.8 Å². The van der Waals surface area contributed by atoms with Crippen molar-refractivity contribution >= 4 is 5.71 Å². The van der Waals surface area contributed by atoms with Gasteiger partial charge in [-0.15, -0.1) is 0 Å². The van der Waals surface area contributed by atoms with Gasteiger partial charge in [0.2, 0.25) is 0 Å². The molecule has 0 heterocycles. The molecule has 1 atom stereocenters. The van der Waals surface area contributed by atoms with Crippen molar-refractivity contribution < 1.29 is 9.94 Å². The van der Waals surface area contributed by atoms with Gasteiger partial charge in [-0.05, 0) is 38.7 Å². The summed E-state index contributed by atoms with van der Waals surface area (Å²) < 4.78 is 4.83. The standard InChI is InChI=1S/C12H15NO.C4H10O/c14-13-12-9-5-4-8-11(12)10-6-2-1-3-7-10;1-3-5-4-2/h1-3,6-7,11,14H,4-5,8-9H2;3-4H2,1-2H3/b13-12+;. The van der Waals surface area contributed by atoms with E-state index in [9.17, 15) is 0 Å². The Morgan fingerprint density at radius 3 is 2.37 bits per heavy atom. The fourth-order valence-corrected chi connectivity index (χ4v) is 2.36. The summed E-state index contributed by atoms with van der Waals surface area (Å²) in [6.45, 7) is 5.67. The van der Waals surface area contributed by atoms with Crippen LogP contribution in [0.2, 0.25) is 0 Å². The van der Waals surface area contributed by atoms with Crippen LogP contribution < -0.4 is 0 Å². The van der Waals surface area contributed by atoms with Crippen LogP contribution in [0.3, 0.4) is 0 Å². The smallest absolute Gasteiger partial charge is 0.0645 e. The second-order valence-corrected chi connectivity index (χ2v) is 4.58. The molecule has 2 rings (SSSR count). The van der Waals surface area contributed by atoms with Gasteiger partial charge in [0.25, 0.3) is 0 Å². The Labute approximate surface area is 116 Å². The van der Waals surface area contributed by atoms with Crippen LogP contribution in [0.25, 0.3) is 0 Å². The summed E-state index contributed by atoms with van der Waals surface area (Å²) in [4.78, 5) is 0. The van der Waals surface area contributed by atoms with E-state index in [-0.39, 0.29) is 0 Å². The first kappa shape index (κ1) is 15.7. The van der Waals surface area contributed by atoms with Gasteiger partial charge < -0.3 is 9.94 Å². The Bertz CT molecular complexity index is 360. The van der Waals surface area contributed by atoms with Crippen molar-refractivity contribution in [1.82, 2.24) is 0 Å². The van der Waals surface area contributed by atoms with Crippen LogP contribution in [-0.4, -0.2) is 24.1 Å². The van der Waals surface area contributed by atoms with Crippen LogP contribution in [0.15, 0.2) is 35.5 Å². The van der Waals surface area contributed by atoms with Crippen molar-refractivity contribution in [3.63, 3.8) is 0 Å². The summed E-state index contributed by atoms with van der Waals surface area (Å²) in [7, 11) is 0. The third-order valence-corrected chi connectivity index (χ3v) is 3.32. The SMILES string of the molecule is CCOCC.O/N=C1\CCCCC1c1ccccc1. The van der Waals surface area contributed by atoms with Crippen molar-refractivity contribution in [2.24, 2.45) is 5.16 Å². The molecule has 1 aromatic carbocycles. The fourth-order valence-electron chi connectivity index (χ4n) is 2.36. The highest BCUT2D eigenvalue weighted by Gasteiger charge is 2.22. The molecule has 0 radical (unpaired) electrons. The Balaban J connectivity index is 0.000000312. The van der Waals surface area contributed by atoms with Gasteiger partial charge in [0.05, 0.1) is 5.71 Å². The predicted molar refractivity (Wildman–Crippen MR) is 79.0 cm³/mol. The maximum atomic E-state index is 8.91. The van der Waals surface area contributed by atoms with Crippen molar-refractivity contribution in [2.45, 2.75) is 45.4 Å². The number of oxime groups is 1. The minimum absolute atomic E-state index is 0.343. The lowest BCUT2D eigenvalue weighted by atomic mass is 9.82. The van der Waals surface area contributed by atoms with Gasteiger partial charge >= 0.3 is 0 Å². The lowest BCUT2D eigenvalue weighted by Gasteiger charge is -2.23. The normalized spacial score (nSPS) is 20.7. The molecule has 19 heavy (non-hydrogen) atoms. The van der Waals surface area contributed by atoms with E-state index in [1.165, 1.54) is 12.0 Å². The summed E-state index contributed by atoms with van der Waals surface area (Å²) in [6.07, 6.45) is 4.45. The zero-order valence-corrected chi connectivity index (χ0v) is 12.0. The third-order valence-electron chi connectivity index (χ3n) is 3.32. The lowest BCUT2D eigenvalue weighted by molar-refractivity contribution is 0.162. The van der Waals surface area contributed by atoms with Gasteiger partial charge in [-0.1, -0.05) is 41.9 Å². The molecule has 0 aromatic heterocycles. The third kappa shape index (κ3) is 5.43. The summed E-state index contributed by atoms with van der Waals surface area (Å²) in [5, 5.41) is 12.3. The molecule has 3 heteroatoms. The molecule has 1 saturated carbocycles. The Kier molecular flexibility index (Phi) is 7.91. The number of nitrogens with zero attached hydrogens (tertiary/aromatic N) is 1. The molecular formula is C16H25NO2. The first-order valence-corrected chi connectivity index (χ1v) is 7.17. The van der Waals surface area contributed by atoms with E-state index in [2.05, 4.69) is 17.3 Å². The van der Waals surface area contributed by atoms with Gasteiger partial charge in [0.15, 0.2) is 0 Å². The second kappa shape index (κ2) is 9.56. The quantitative estimate of drug-likeness (QED) is 0.655. The fraction of sp³-hybridized carbons (Fsp3) is 0.562.